The molecule has 1 amide bonds. The van der Waals surface area contributed by atoms with E-state index in [1.54, 1.807) is 13.8 Å². The van der Waals surface area contributed by atoms with E-state index < -0.39 is 0 Å². The molecule has 1 fully saturated rings. The molecule has 1 heterocycles. The Labute approximate surface area is 104 Å². The van der Waals surface area contributed by atoms with Crippen molar-refractivity contribution < 1.29 is 9.59 Å². The number of rotatable bonds is 6. The van der Waals surface area contributed by atoms with Crippen molar-refractivity contribution in [3.63, 3.8) is 0 Å². The van der Waals surface area contributed by atoms with Crippen molar-refractivity contribution >= 4 is 11.7 Å². The van der Waals surface area contributed by atoms with Crippen LogP contribution in [0, 0.1) is 5.92 Å². The molecule has 0 spiro atoms. The maximum Gasteiger partial charge on any atom is 0.216 e. The fourth-order valence-corrected chi connectivity index (χ4v) is 2.25. The van der Waals surface area contributed by atoms with Gasteiger partial charge >= 0.3 is 0 Å². The second-order valence-electron chi connectivity index (χ2n) is 5.03. The third kappa shape index (κ3) is 6.41. The van der Waals surface area contributed by atoms with Gasteiger partial charge in [-0.05, 0) is 51.7 Å². The van der Waals surface area contributed by atoms with E-state index in [9.17, 15) is 9.59 Å². The van der Waals surface area contributed by atoms with Crippen molar-refractivity contribution in [1.82, 2.24) is 10.2 Å². The number of piperidine rings is 1. The number of nitrogens with one attached hydrogen (secondary N) is 1. The quantitative estimate of drug-likeness (QED) is 0.759. The lowest BCUT2D eigenvalue weighted by molar-refractivity contribution is -0.119. The Morgan fingerprint density at radius 2 is 1.88 bits per heavy atom. The Hall–Kier alpha value is -0.900. The van der Waals surface area contributed by atoms with Gasteiger partial charge in [0.15, 0.2) is 0 Å². The van der Waals surface area contributed by atoms with Gasteiger partial charge in [0.2, 0.25) is 5.91 Å². The molecule has 0 aromatic rings. The first-order chi connectivity index (χ1) is 8.08. The van der Waals surface area contributed by atoms with Crippen LogP contribution in [0.5, 0.6) is 0 Å². The molecule has 0 radical (unpaired) electrons. The summed E-state index contributed by atoms with van der Waals surface area (Å²) >= 11 is 0. The maximum atomic E-state index is 10.8. The van der Waals surface area contributed by atoms with Gasteiger partial charge in [-0.2, -0.15) is 0 Å². The molecule has 1 N–H and O–H groups in total. The number of Topliss-reactive ketones (excluding diaryl/α,β-unsaturated/α-hetero) is 1. The minimum Gasteiger partial charge on any atom is -0.356 e. The van der Waals surface area contributed by atoms with E-state index in [2.05, 4.69) is 10.2 Å². The van der Waals surface area contributed by atoms with Crippen molar-refractivity contribution in [2.45, 2.75) is 39.5 Å². The molecule has 4 heteroatoms. The first-order valence-corrected chi connectivity index (χ1v) is 6.54. The second kappa shape index (κ2) is 7.43. The lowest BCUT2D eigenvalue weighted by atomic mass is 9.96. The van der Waals surface area contributed by atoms with E-state index in [-0.39, 0.29) is 11.7 Å². The SMILES string of the molecule is CC(=O)CCCN1CCC(CNC(C)=O)CC1. The van der Waals surface area contributed by atoms with Gasteiger partial charge in [-0.3, -0.25) is 4.79 Å². The van der Waals surface area contributed by atoms with Gasteiger partial charge in [0.1, 0.15) is 5.78 Å². The first kappa shape index (κ1) is 14.2. The summed E-state index contributed by atoms with van der Waals surface area (Å²) in [4.78, 5) is 24.1. The number of carbonyl (C=O) groups is 2. The highest BCUT2D eigenvalue weighted by atomic mass is 16.1. The lowest BCUT2D eigenvalue weighted by Gasteiger charge is -2.31. The third-order valence-corrected chi connectivity index (χ3v) is 3.35. The van der Waals surface area contributed by atoms with Crippen molar-refractivity contribution in [2.24, 2.45) is 5.92 Å². The Kier molecular flexibility index (Phi) is 6.19. The fraction of sp³-hybridized carbons (Fsp3) is 0.846. The number of amides is 1. The number of carbonyl (C=O) groups excluding carboxylic acids is 2. The highest BCUT2D eigenvalue weighted by molar-refractivity contribution is 5.75. The highest BCUT2D eigenvalue weighted by Gasteiger charge is 2.18. The summed E-state index contributed by atoms with van der Waals surface area (Å²) in [5, 5.41) is 2.89. The molecule has 1 aliphatic heterocycles. The standard InChI is InChI=1S/C13H24N2O2/c1-11(16)4-3-7-15-8-5-13(6-9-15)10-14-12(2)17/h13H,3-10H2,1-2H3,(H,14,17). The van der Waals surface area contributed by atoms with Crippen LogP contribution in [0.4, 0.5) is 0 Å². The second-order valence-corrected chi connectivity index (χ2v) is 5.03. The fourth-order valence-electron chi connectivity index (χ4n) is 2.25. The van der Waals surface area contributed by atoms with Crippen LogP contribution in [0.25, 0.3) is 0 Å². The predicted octanol–water partition coefficient (Wildman–Crippen LogP) is 1.20. The van der Waals surface area contributed by atoms with Gasteiger partial charge in [0.05, 0.1) is 0 Å². The molecule has 0 aliphatic carbocycles. The number of hydrogen-bond donors (Lipinski definition) is 1. The van der Waals surface area contributed by atoms with Crippen LogP contribution in [0.2, 0.25) is 0 Å². The lowest BCUT2D eigenvalue weighted by Crippen LogP contribution is -2.38. The average Bonchev–Trinajstić information content (AvgIpc) is 2.27. The molecule has 0 bridgehead atoms. The van der Waals surface area contributed by atoms with Crippen LogP contribution in [0.3, 0.4) is 0 Å². The smallest absolute Gasteiger partial charge is 0.216 e. The molecule has 0 saturated carbocycles. The zero-order chi connectivity index (χ0) is 12.7. The number of ketones is 1. The molecule has 1 aliphatic rings. The summed E-state index contributed by atoms with van der Waals surface area (Å²) in [6.45, 7) is 7.27. The van der Waals surface area contributed by atoms with E-state index in [0.717, 1.165) is 45.4 Å². The van der Waals surface area contributed by atoms with E-state index in [4.69, 9.17) is 0 Å². The van der Waals surface area contributed by atoms with E-state index in [1.807, 2.05) is 0 Å². The van der Waals surface area contributed by atoms with Gasteiger partial charge in [-0.25, -0.2) is 0 Å². The van der Waals surface area contributed by atoms with Crippen molar-refractivity contribution in [3.8, 4) is 0 Å². The molecule has 1 rings (SSSR count). The monoisotopic (exact) mass is 240 g/mol. The van der Waals surface area contributed by atoms with Gasteiger partial charge in [-0.15, -0.1) is 0 Å². The van der Waals surface area contributed by atoms with Crippen molar-refractivity contribution in [1.29, 1.82) is 0 Å². The van der Waals surface area contributed by atoms with Gasteiger partial charge in [-0.1, -0.05) is 0 Å². The van der Waals surface area contributed by atoms with Crippen LogP contribution in [0.1, 0.15) is 39.5 Å². The molecular formula is C13H24N2O2. The Morgan fingerprint density at radius 1 is 1.24 bits per heavy atom. The van der Waals surface area contributed by atoms with Crippen LogP contribution in [-0.4, -0.2) is 42.8 Å². The van der Waals surface area contributed by atoms with Crippen LogP contribution >= 0.6 is 0 Å². The zero-order valence-corrected chi connectivity index (χ0v) is 11.0. The summed E-state index contributed by atoms with van der Waals surface area (Å²) in [5.74, 6) is 0.974. The average molecular weight is 240 g/mol. The summed E-state index contributed by atoms with van der Waals surface area (Å²) in [5.41, 5.74) is 0. The van der Waals surface area contributed by atoms with Crippen LogP contribution in [-0.2, 0) is 9.59 Å². The normalized spacial score (nSPS) is 18.0. The maximum absolute atomic E-state index is 10.8. The predicted molar refractivity (Wildman–Crippen MR) is 67.8 cm³/mol. The number of nitrogens with zero attached hydrogens (tertiary/aromatic N) is 1. The minimum atomic E-state index is 0.0638. The van der Waals surface area contributed by atoms with Gasteiger partial charge < -0.3 is 15.0 Å². The van der Waals surface area contributed by atoms with E-state index in [0.29, 0.717) is 12.3 Å². The molecular weight excluding hydrogens is 216 g/mol. The summed E-state index contributed by atoms with van der Waals surface area (Å²) in [7, 11) is 0. The Balaban J connectivity index is 2.08. The number of hydrogen-bond acceptors (Lipinski definition) is 3. The van der Waals surface area contributed by atoms with E-state index in [1.165, 1.54) is 0 Å². The van der Waals surface area contributed by atoms with Gasteiger partial charge in [0, 0.05) is 19.9 Å². The third-order valence-electron chi connectivity index (χ3n) is 3.35. The first-order valence-electron chi connectivity index (χ1n) is 6.54. The molecule has 98 valence electrons. The summed E-state index contributed by atoms with van der Waals surface area (Å²) in [6.07, 6.45) is 3.98. The highest BCUT2D eigenvalue weighted by Crippen LogP contribution is 2.16. The minimum absolute atomic E-state index is 0.0638. The molecule has 1 saturated heterocycles. The van der Waals surface area contributed by atoms with E-state index >= 15 is 0 Å². The van der Waals surface area contributed by atoms with Crippen LogP contribution in [0.15, 0.2) is 0 Å². The zero-order valence-electron chi connectivity index (χ0n) is 11.0. The van der Waals surface area contributed by atoms with Crippen LogP contribution < -0.4 is 5.32 Å². The summed E-state index contributed by atoms with van der Waals surface area (Å²) in [6, 6.07) is 0. The van der Waals surface area contributed by atoms with Crippen molar-refractivity contribution in [2.75, 3.05) is 26.2 Å². The Bertz CT molecular complexity index is 258. The molecule has 0 aromatic carbocycles. The van der Waals surface area contributed by atoms with Crippen molar-refractivity contribution in [3.05, 3.63) is 0 Å². The molecule has 17 heavy (non-hydrogen) atoms. The summed E-state index contributed by atoms with van der Waals surface area (Å²) < 4.78 is 0. The molecule has 0 unspecified atom stereocenters. The molecule has 0 aromatic heterocycles. The van der Waals surface area contributed by atoms with Gasteiger partial charge in [0.25, 0.3) is 0 Å². The number of likely N-dealkylation sites (tertiary alicyclic amines) is 1. The molecule has 0 atom stereocenters. The Morgan fingerprint density at radius 3 is 2.41 bits per heavy atom. The largest absolute Gasteiger partial charge is 0.356 e. The molecule has 4 nitrogen and oxygen atoms in total. The topological polar surface area (TPSA) is 49.4 Å².